The molecule has 3 aromatic heterocycles. The number of carboxylic acid groups (broad SMARTS) is 1. The van der Waals surface area contributed by atoms with Crippen molar-refractivity contribution < 1.29 is 58.5 Å². The first-order chi connectivity index (χ1) is 33.0. The highest BCUT2D eigenvalue weighted by Gasteiger charge is 2.26. The van der Waals surface area contributed by atoms with Crippen LogP contribution in [0.3, 0.4) is 0 Å². The quantitative estimate of drug-likeness (QED) is 0.0326. The molecule has 3 heterocycles. The maximum Gasteiger partial charge on any atom is 0.323 e. The van der Waals surface area contributed by atoms with Crippen LogP contribution in [-0.4, -0.2) is 107 Å². The van der Waals surface area contributed by atoms with E-state index in [1.54, 1.807) is 0 Å². The summed E-state index contributed by atoms with van der Waals surface area (Å²) >= 11 is 24.1. The van der Waals surface area contributed by atoms with Crippen molar-refractivity contribution in [2.45, 2.75) is 53.6 Å². The summed E-state index contributed by atoms with van der Waals surface area (Å²) in [5.41, 5.74) is 21.4. The van der Waals surface area contributed by atoms with Crippen LogP contribution in [0.2, 0.25) is 20.2 Å². The number of esters is 2. The number of carbonyl (C=O) groups is 3. The first-order valence-corrected chi connectivity index (χ1v) is 25.5. The Bertz CT molecular complexity index is 3480. The molecular formula is C40H48Cl4N12O12S3. The van der Waals surface area contributed by atoms with Gasteiger partial charge >= 0.3 is 17.9 Å². The Hall–Kier alpha value is -6.27. The summed E-state index contributed by atoms with van der Waals surface area (Å²) in [6.07, 6.45) is 4.08. The lowest BCUT2D eigenvalue weighted by molar-refractivity contribution is -0.142. The van der Waals surface area contributed by atoms with Crippen LogP contribution in [0.5, 0.6) is 0 Å². The monoisotopic (exact) mass is 1130 g/mol. The topological polar surface area (TPSA) is 396 Å². The van der Waals surface area contributed by atoms with E-state index in [0.717, 1.165) is 0 Å². The number of aromatic nitrogens is 3. The van der Waals surface area contributed by atoms with Gasteiger partial charge in [-0.1, -0.05) is 64.6 Å². The Morgan fingerprint density at radius 1 is 0.549 bits per heavy atom. The molecule has 0 aliphatic rings. The SMILES string of the molecule is COC(=O)[C@@H](C)NS(=O)(=O)c1ccc2c(Cl)cnc(Cl)c2c1.COC(=O)[C@@H](C)NS(=O)(=O)c1ccc2c(Cl)cnc(N=C(N)N)c2c1.C[C@@H](NS(=O)(=O)c1ccc2c(Cl)cnc(N=C(N)N)c2c1)C(=O)O.[2HH].[2HH].[2HH]. The number of nitrogens with two attached hydrogens (primary N) is 4. The van der Waals surface area contributed by atoms with Gasteiger partial charge in [0.15, 0.2) is 23.6 Å². The molecule has 0 amide bonds. The third kappa shape index (κ3) is 14.7. The normalized spacial score (nSPS) is 12.8. The van der Waals surface area contributed by atoms with Gasteiger partial charge in [-0.2, -0.15) is 24.2 Å². The Kier molecular flexibility index (Phi) is 19.2. The fraction of sp³-hybridized carbons (Fsp3) is 0.200. The number of sulfonamides is 3. The van der Waals surface area contributed by atoms with Crippen molar-refractivity contribution >= 4 is 150 Å². The number of fused-ring (bicyclic) bond motifs is 3. The van der Waals surface area contributed by atoms with Crippen LogP contribution in [0, 0.1) is 0 Å². The molecule has 6 rings (SSSR count). The highest BCUT2D eigenvalue weighted by atomic mass is 35.5. The Labute approximate surface area is 429 Å². The van der Waals surface area contributed by atoms with Gasteiger partial charge in [0.05, 0.1) is 44.0 Å². The molecule has 71 heavy (non-hydrogen) atoms. The molecule has 31 heteroatoms. The van der Waals surface area contributed by atoms with Gasteiger partial charge in [0, 0.05) is 55.2 Å². The first kappa shape index (κ1) is 57.3. The van der Waals surface area contributed by atoms with E-state index in [4.69, 9.17) is 74.4 Å². The lowest BCUT2D eigenvalue weighted by atomic mass is 10.1. The summed E-state index contributed by atoms with van der Waals surface area (Å²) in [5.74, 6) is -2.97. The molecule has 386 valence electrons. The summed E-state index contributed by atoms with van der Waals surface area (Å²) in [6, 6.07) is 9.09. The number of nitrogens with one attached hydrogen (secondary N) is 3. The largest absolute Gasteiger partial charge is 0.480 e. The molecule has 6 aromatic rings. The molecule has 3 atom stereocenters. The van der Waals surface area contributed by atoms with E-state index in [1.807, 2.05) is 4.72 Å². The molecule has 0 saturated heterocycles. The standard InChI is InChI=1S/C14H16ClN5O4S.C13H12Cl2N2O4S.C13H14ClN5O4S.3H2/c1-7(13(21)24-2)20-25(22,23)8-3-4-9-10(5-8)12(19-14(16)17)18-6-11(9)15;1-7(13(18)21-2)17-22(19,20)8-3-4-9-10(5-8)12(15)16-6-11(9)14;1-6(12(20)21)19-24(22,23)7-2-3-8-9(4-7)11(18-13(15)16)17-5-10(8)14;;;/h3-7,20H,1-2H3,(H4,16,17,18,19);3-7,17H,1-2H3;2-6,19H,1H3,(H,20,21)(H4,15,16,17,18);3*1H/t2*7-;6-;;;/m111.../s1/i;;;3*1+1. The smallest absolute Gasteiger partial charge is 0.323 e. The zero-order valence-electron chi connectivity index (χ0n) is 37.4. The predicted molar refractivity (Wildman–Crippen MR) is 274 cm³/mol. The zero-order chi connectivity index (χ0) is 53.3. The minimum Gasteiger partial charge on any atom is -0.480 e. The summed E-state index contributed by atoms with van der Waals surface area (Å²) in [6.45, 7) is 3.97. The summed E-state index contributed by atoms with van der Waals surface area (Å²) < 4.78 is 89.6. The Balaban J connectivity index is 0.000000545. The summed E-state index contributed by atoms with van der Waals surface area (Å²) in [7, 11) is -9.64. The third-order valence-corrected chi connectivity index (χ3v) is 15.0. The van der Waals surface area contributed by atoms with Gasteiger partial charge in [-0.05, 0) is 57.2 Å². The number of aliphatic imine (C=N–C) groups is 2. The summed E-state index contributed by atoms with van der Waals surface area (Å²) in [5, 5.41) is 12.6. The van der Waals surface area contributed by atoms with Crippen molar-refractivity contribution in [1.29, 1.82) is 0 Å². The van der Waals surface area contributed by atoms with Crippen LogP contribution in [0.1, 0.15) is 25.1 Å². The van der Waals surface area contributed by atoms with Gasteiger partial charge in [-0.15, -0.1) is 0 Å². The van der Waals surface area contributed by atoms with E-state index in [2.05, 4.69) is 43.9 Å². The second-order valence-corrected chi connectivity index (χ2v) is 21.1. The Morgan fingerprint density at radius 2 is 0.859 bits per heavy atom. The second-order valence-electron chi connectivity index (χ2n) is 14.4. The van der Waals surface area contributed by atoms with Crippen molar-refractivity contribution in [3.8, 4) is 0 Å². The number of nitrogens with zero attached hydrogens (tertiary/aromatic N) is 5. The van der Waals surface area contributed by atoms with E-state index >= 15 is 0 Å². The molecular weight excluding hydrogens is 1080 g/mol. The van der Waals surface area contributed by atoms with E-state index < -0.39 is 66.1 Å². The molecule has 0 saturated carbocycles. The van der Waals surface area contributed by atoms with E-state index in [-0.39, 0.29) is 52.7 Å². The number of carbonyl (C=O) groups excluding carboxylic acids is 2. The molecule has 0 fully saturated rings. The van der Waals surface area contributed by atoms with Crippen molar-refractivity contribution in [3.05, 3.63) is 93.4 Å². The minimum atomic E-state index is -4.07. The number of carboxylic acids is 1. The average molecular weight is 1130 g/mol. The lowest BCUT2D eigenvalue weighted by Crippen LogP contribution is -2.39. The number of hydrogen-bond acceptors (Lipinski definition) is 16. The first-order valence-electron chi connectivity index (χ1n) is 19.6. The second kappa shape index (κ2) is 23.8. The van der Waals surface area contributed by atoms with Gasteiger partial charge in [-0.3, -0.25) is 14.4 Å². The van der Waals surface area contributed by atoms with E-state index in [0.29, 0.717) is 42.4 Å². The number of aliphatic carboxylic acids is 1. The van der Waals surface area contributed by atoms with Crippen LogP contribution in [-0.2, 0) is 53.9 Å². The molecule has 24 nitrogen and oxygen atoms in total. The minimum absolute atomic E-state index is 0. The van der Waals surface area contributed by atoms with Gasteiger partial charge in [0.2, 0.25) is 30.1 Å². The van der Waals surface area contributed by atoms with Crippen molar-refractivity contribution in [2.24, 2.45) is 32.9 Å². The molecule has 0 radical (unpaired) electrons. The number of guanidine groups is 2. The van der Waals surface area contributed by atoms with Gasteiger partial charge in [-0.25, -0.2) is 40.2 Å². The fourth-order valence-corrected chi connectivity index (χ4v) is 10.3. The predicted octanol–water partition coefficient (Wildman–Crippen LogP) is 4.30. The van der Waals surface area contributed by atoms with Crippen LogP contribution >= 0.6 is 46.4 Å². The molecule has 0 unspecified atom stereocenters. The van der Waals surface area contributed by atoms with Gasteiger partial charge in [0.1, 0.15) is 23.3 Å². The van der Waals surface area contributed by atoms with Gasteiger partial charge < -0.3 is 37.5 Å². The number of ether oxygens (including phenoxy) is 2. The Morgan fingerprint density at radius 3 is 1.18 bits per heavy atom. The number of rotatable bonds is 14. The molecule has 12 N–H and O–H groups in total. The van der Waals surface area contributed by atoms with Gasteiger partial charge in [0.25, 0.3) is 0 Å². The number of halogens is 4. The number of methoxy groups -OCH3 is 2. The number of pyridine rings is 3. The van der Waals surface area contributed by atoms with Crippen LogP contribution in [0.15, 0.2) is 97.9 Å². The highest BCUT2D eigenvalue weighted by molar-refractivity contribution is 7.90. The molecule has 0 aliphatic heterocycles. The lowest BCUT2D eigenvalue weighted by Gasteiger charge is -2.13. The third-order valence-electron chi connectivity index (χ3n) is 9.22. The maximum absolute atomic E-state index is 12.5. The molecule has 0 spiro atoms. The summed E-state index contributed by atoms with van der Waals surface area (Å²) in [4.78, 5) is 52.8. The van der Waals surface area contributed by atoms with Crippen molar-refractivity contribution in [1.82, 2.24) is 29.1 Å². The van der Waals surface area contributed by atoms with Crippen LogP contribution in [0.4, 0.5) is 11.6 Å². The number of hydrogen-bond donors (Lipinski definition) is 8. The highest BCUT2D eigenvalue weighted by Crippen LogP contribution is 2.33. The van der Waals surface area contributed by atoms with Crippen LogP contribution < -0.4 is 37.1 Å². The molecule has 0 aliphatic carbocycles. The van der Waals surface area contributed by atoms with E-state index in [1.165, 1.54) is 108 Å². The number of benzene rings is 3. The van der Waals surface area contributed by atoms with Crippen molar-refractivity contribution in [2.75, 3.05) is 14.2 Å². The van der Waals surface area contributed by atoms with Crippen LogP contribution in [0.25, 0.3) is 32.3 Å². The zero-order valence-corrected chi connectivity index (χ0v) is 42.9. The molecule has 3 aromatic carbocycles. The molecule has 0 bridgehead atoms. The van der Waals surface area contributed by atoms with E-state index in [9.17, 15) is 39.6 Å². The average Bonchev–Trinajstić information content (AvgIpc) is 3.30. The van der Waals surface area contributed by atoms with Crippen molar-refractivity contribution in [3.63, 3.8) is 0 Å². The fourth-order valence-electron chi connectivity index (χ4n) is 5.83. The maximum atomic E-state index is 12.5.